The van der Waals surface area contributed by atoms with Crippen LogP contribution in [0.5, 0.6) is 11.5 Å². The number of aromatic amines is 1. The number of imide groups is 1. The van der Waals surface area contributed by atoms with Gasteiger partial charge in [-0.2, -0.15) is 0 Å². The Morgan fingerprint density at radius 3 is 2.39 bits per heavy atom. The van der Waals surface area contributed by atoms with Crippen molar-refractivity contribution in [3.63, 3.8) is 0 Å². The average molecular weight is 588 g/mol. The number of para-hydroxylation sites is 2. The Morgan fingerprint density at radius 2 is 1.66 bits per heavy atom. The molecule has 0 spiro atoms. The molecule has 1 aromatic heterocycles. The zero-order valence-electron chi connectivity index (χ0n) is 21.9. The number of amides is 3. The molecular weight excluding hydrogens is 562 g/mol. The van der Waals surface area contributed by atoms with Crippen molar-refractivity contribution in [1.82, 2.24) is 4.98 Å². The molecule has 0 saturated carbocycles. The molecule has 0 unspecified atom stereocenters. The Hall–Kier alpha value is -4.35. The number of nitrogens with zero attached hydrogens (tertiary/aromatic N) is 1. The number of hydrogen-bond donors (Lipinski definition) is 2. The Kier molecular flexibility index (Phi) is 7.38. The van der Waals surface area contributed by atoms with E-state index < -0.39 is 17.1 Å². The first-order chi connectivity index (χ1) is 19.9. The van der Waals surface area contributed by atoms with E-state index in [1.54, 1.807) is 54.6 Å². The smallest absolute Gasteiger partial charge is 0.305 e. The molecule has 41 heavy (non-hydrogen) atoms. The summed E-state index contributed by atoms with van der Waals surface area (Å²) < 4.78 is 11.7. The van der Waals surface area contributed by atoms with Crippen LogP contribution in [0, 0.1) is 5.92 Å². The maximum atomic E-state index is 13.9. The van der Waals surface area contributed by atoms with Gasteiger partial charge in [0.2, 0.25) is 11.8 Å². The van der Waals surface area contributed by atoms with Gasteiger partial charge in [0.05, 0.1) is 23.2 Å². The van der Waals surface area contributed by atoms with E-state index in [0.717, 1.165) is 11.3 Å². The van der Waals surface area contributed by atoms with Gasteiger partial charge in [0.1, 0.15) is 5.25 Å². The quantitative estimate of drug-likeness (QED) is 0.288. The van der Waals surface area contributed by atoms with Crippen LogP contribution in [0.2, 0.25) is 0 Å². The van der Waals surface area contributed by atoms with Crippen molar-refractivity contribution in [2.45, 2.75) is 23.1 Å². The summed E-state index contributed by atoms with van der Waals surface area (Å²) in [7, 11) is 0. The summed E-state index contributed by atoms with van der Waals surface area (Å²) in [5.41, 5.74) is 1.88. The summed E-state index contributed by atoms with van der Waals surface area (Å²) in [5, 5.41) is 2.68. The lowest BCUT2D eigenvalue weighted by molar-refractivity contribution is -0.122. The van der Waals surface area contributed by atoms with E-state index in [1.165, 1.54) is 16.7 Å². The topological polar surface area (TPSA) is 118 Å². The van der Waals surface area contributed by atoms with E-state index in [4.69, 9.17) is 9.47 Å². The molecular formula is C30H25N3O6S2. The highest BCUT2D eigenvalue weighted by Crippen LogP contribution is 2.53. The number of thioether (sulfide) groups is 1. The van der Waals surface area contributed by atoms with Crippen molar-refractivity contribution in [1.29, 1.82) is 0 Å². The molecule has 3 heterocycles. The molecule has 0 radical (unpaired) electrons. The molecule has 9 nitrogen and oxygen atoms in total. The third-order valence-corrected chi connectivity index (χ3v) is 9.28. The molecule has 2 aliphatic rings. The molecule has 0 bridgehead atoms. The van der Waals surface area contributed by atoms with E-state index in [1.807, 2.05) is 31.2 Å². The highest BCUT2D eigenvalue weighted by atomic mass is 32.2. The Balaban J connectivity index is 1.32. The number of hydrogen-bond acceptors (Lipinski definition) is 8. The van der Waals surface area contributed by atoms with Crippen LogP contribution in [0.25, 0.3) is 0 Å². The number of rotatable bonds is 8. The van der Waals surface area contributed by atoms with Crippen LogP contribution in [0.1, 0.15) is 23.3 Å². The van der Waals surface area contributed by atoms with E-state index in [-0.39, 0.29) is 29.2 Å². The molecule has 6 rings (SSSR count). The van der Waals surface area contributed by atoms with Gasteiger partial charge in [0, 0.05) is 16.5 Å². The first kappa shape index (κ1) is 26.9. The summed E-state index contributed by atoms with van der Waals surface area (Å²) in [4.78, 5) is 56.8. The molecule has 3 atom stereocenters. The lowest BCUT2D eigenvalue weighted by Crippen LogP contribution is -2.32. The Morgan fingerprint density at radius 1 is 0.927 bits per heavy atom. The highest BCUT2D eigenvalue weighted by molar-refractivity contribution is 8.00. The number of thiazole rings is 1. The summed E-state index contributed by atoms with van der Waals surface area (Å²) in [6.45, 7) is 1.94. The zero-order chi connectivity index (χ0) is 28.5. The van der Waals surface area contributed by atoms with Crippen LogP contribution in [0.4, 0.5) is 11.4 Å². The van der Waals surface area contributed by atoms with Crippen molar-refractivity contribution < 1.29 is 23.9 Å². The van der Waals surface area contributed by atoms with Gasteiger partial charge in [-0.05, 0) is 48.9 Å². The van der Waals surface area contributed by atoms with Gasteiger partial charge in [0.15, 0.2) is 18.1 Å². The molecule has 1 saturated heterocycles. The monoisotopic (exact) mass is 587 g/mol. The maximum Gasteiger partial charge on any atom is 0.305 e. The number of H-pyrrole nitrogens is 1. The number of benzene rings is 3. The first-order valence-electron chi connectivity index (χ1n) is 13.0. The van der Waals surface area contributed by atoms with Crippen LogP contribution in [0.3, 0.4) is 0 Å². The van der Waals surface area contributed by atoms with Crippen LogP contribution in [-0.4, -0.2) is 41.2 Å². The zero-order valence-corrected chi connectivity index (χ0v) is 23.5. The van der Waals surface area contributed by atoms with Gasteiger partial charge in [-0.15, -0.1) is 0 Å². The predicted molar refractivity (Wildman–Crippen MR) is 157 cm³/mol. The fraction of sp³-hybridized carbons (Fsp3) is 0.200. The van der Waals surface area contributed by atoms with Crippen molar-refractivity contribution >= 4 is 52.2 Å². The second kappa shape index (κ2) is 11.3. The van der Waals surface area contributed by atoms with Gasteiger partial charge in [-0.25, -0.2) is 4.90 Å². The summed E-state index contributed by atoms with van der Waals surface area (Å²) >= 11 is 2.27. The molecule has 4 aromatic rings. The van der Waals surface area contributed by atoms with Crippen molar-refractivity contribution in [3.8, 4) is 11.5 Å². The normalized spacial score (nSPS) is 19.4. The maximum absolute atomic E-state index is 13.9. The van der Waals surface area contributed by atoms with Crippen molar-refractivity contribution in [3.05, 3.63) is 99.0 Å². The summed E-state index contributed by atoms with van der Waals surface area (Å²) in [5.74, 6) is -1.47. The minimum Gasteiger partial charge on any atom is -0.490 e. The van der Waals surface area contributed by atoms with Gasteiger partial charge in [0.25, 0.3) is 5.91 Å². The predicted octanol–water partition coefficient (Wildman–Crippen LogP) is 4.65. The van der Waals surface area contributed by atoms with E-state index >= 15 is 0 Å². The summed E-state index contributed by atoms with van der Waals surface area (Å²) in [6, 6.07) is 23.2. The van der Waals surface area contributed by atoms with Gasteiger partial charge < -0.3 is 19.8 Å². The summed E-state index contributed by atoms with van der Waals surface area (Å²) in [6.07, 6.45) is 0. The Bertz CT molecular complexity index is 1670. The first-order valence-corrected chi connectivity index (χ1v) is 14.7. The van der Waals surface area contributed by atoms with Gasteiger partial charge in [-0.1, -0.05) is 65.6 Å². The highest BCUT2D eigenvalue weighted by Gasteiger charge is 2.56. The number of fused-ring (bicyclic) bond motifs is 2. The molecule has 3 amide bonds. The SMILES string of the molecule is CCOc1cc([C@@H]2c3sc(=O)[nH]c3S[C@H]3C(=O)N(c4ccccc4)C(=O)[C@@H]23)ccc1OCC(=O)Nc1ccccc1. The minimum absolute atomic E-state index is 0.234. The van der Waals surface area contributed by atoms with E-state index in [0.29, 0.717) is 44.9 Å². The molecule has 2 N–H and O–H groups in total. The number of carbonyl (C=O) groups excluding carboxylic acids is 3. The minimum atomic E-state index is -0.718. The second-order valence-corrected chi connectivity index (χ2v) is 11.6. The molecule has 1 fully saturated rings. The molecule has 3 aromatic carbocycles. The number of ether oxygens (including phenoxy) is 2. The van der Waals surface area contributed by atoms with E-state index in [9.17, 15) is 19.2 Å². The van der Waals surface area contributed by atoms with Gasteiger partial charge in [-0.3, -0.25) is 19.2 Å². The van der Waals surface area contributed by atoms with Gasteiger partial charge >= 0.3 is 4.87 Å². The third-order valence-electron chi connectivity index (χ3n) is 6.88. The van der Waals surface area contributed by atoms with Crippen LogP contribution >= 0.6 is 23.1 Å². The fourth-order valence-electron chi connectivity index (χ4n) is 5.18. The largest absolute Gasteiger partial charge is 0.490 e. The standard InChI is InChI=1S/C30H25N3O6S2/c1-2-38-21-15-17(13-14-20(21)39-16-22(34)31-18-9-5-3-6-10-18)23-24-26(40-27-25(23)41-30(37)32-27)29(36)33(28(24)35)19-11-7-4-8-12-19/h3-15,23-24,26H,2,16H2,1H3,(H,31,34)(H,32,37)/t23-,24-,26+/m0/s1. The fourth-order valence-corrected chi connectivity index (χ4v) is 7.69. The second-order valence-electron chi connectivity index (χ2n) is 9.44. The lowest BCUT2D eigenvalue weighted by atomic mass is 9.83. The van der Waals surface area contributed by atoms with Crippen molar-refractivity contribution in [2.24, 2.45) is 5.92 Å². The van der Waals surface area contributed by atoms with Crippen LogP contribution in [0.15, 0.2) is 88.7 Å². The molecule has 208 valence electrons. The number of nitrogens with one attached hydrogen (secondary N) is 2. The van der Waals surface area contributed by atoms with Crippen molar-refractivity contribution in [2.75, 3.05) is 23.4 Å². The number of anilines is 2. The van der Waals surface area contributed by atoms with Crippen LogP contribution in [-0.2, 0) is 14.4 Å². The molecule has 0 aliphatic carbocycles. The Labute approximate surface area is 243 Å². The molecule has 11 heteroatoms. The third kappa shape index (κ3) is 5.14. The average Bonchev–Trinajstić information content (AvgIpc) is 3.47. The van der Waals surface area contributed by atoms with E-state index in [2.05, 4.69) is 10.3 Å². The number of carbonyl (C=O) groups is 3. The molecule has 2 aliphatic heterocycles. The lowest BCUT2D eigenvalue weighted by Gasteiger charge is -2.30. The van der Waals surface area contributed by atoms with Crippen LogP contribution < -0.4 is 24.6 Å². The number of aromatic nitrogens is 1.